The quantitative estimate of drug-likeness (QED) is 0.343. The van der Waals surface area contributed by atoms with E-state index in [1.54, 1.807) is 4.57 Å². The predicted molar refractivity (Wildman–Crippen MR) is 137 cm³/mol. The van der Waals surface area contributed by atoms with E-state index in [2.05, 4.69) is 21.2 Å². The Hall–Kier alpha value is -4.11. The molecule has 0 atom stereocenters. The molecule has 0 aliphatic carbocycles. The van der Waals surface area contributed by atoms with Crippen molar-refractivity contribution >= 4 is 49.9 Å². The number of nitrogen functional groups attached to an aromatic ring is 1. The molecule has 1 amide bonds. The summed E-state index contributed by atoms with van der Waals surface area (Å²) in [5.41, 5.74) is 12.0. The van der Waals surface area contributed by atoms with Crippen molar-refractivity contribution in [1.82, 2.24) is 19.9 Å². The summed E-state index contributed by atoms with van der Waals surface area (Å²) < 4.78 is 13.5. The molecule has 0 spiro atoms. The van der Waals surface area contributed by atoms with Crippen molar-refractivity contribution in [2.24, 2.45) is 0 Å². The van der Waals surface area contributed by atoms with E-state index in [0.29, 0.717) is 34.7 Å². The number of para-hydroxylation sites is 2. The van der Waals surface area contributed by atoms with Gasteiger partial charge in [-0.2, -0.15) is 0 Å². The lowest BCUT2D eigenvalue weighted by Gasteiger charge is -2.10. The average Bonchev–Trinajstić information content (AvgIpc) is 3.44. The molecular weight excluding hydrogens is 510 g/mol. The lowest BCUT2D eigenvalue weighted by molar-refractivity contribution is 0.0953. The first-order chi connectivity index (χ1) is 17.0. The van der Waals surface area contributed by atoms with E-state index in [1.807, 2.05) is 67.6 Å². The smallest absolute Gasteiger partial charge is 0.257 e. The van der Waals surface area contributed by atoms with Crippen LogP contribution in [-0.4, -0.2) is 27.2 Å². The number of anilines is 1. The molecule has 3 heterocycles. The highest BCUT2D eigenvalue weighted by Crippen LogP contribution is 2.34. The van der Waals surface area contributed by atoms with Gasteiger partial charge in [0, 0.05) is 11.0 Å². The number of hydrogen-bond acceptors (Lipinski definition) is 6. The molecule has 3 N–H and O–H groups in total. The summed E-state index contributed by atoms with van der Waals surface area (Å²) in [5.74, 6) is 1.29. The monoisotopic (exact) mass is 529 g/mol. The van der Waals surface area contributed by atoms with Gasteiger partial charge in [0.15, 0.2) is 17.1 Å². The maximum Gasteiger partial charge on any atom is 0.257 e. The number of rotatable bonds is 4. The van der Waals surface area contributed by atoms with Crippen molar-refractivity contribution in [2.75, 3.05) is 12.5 Å². The molecule has 0 fully saturated rings. The molecule has 9 heteroatoms. The van der Waals surface area contributed by atoms with E-state index in [4.69, 9.17) is 25.2 Å². The van der Waals surface area contributed by atoms with Gasteiger partial charge in [0.1, 0.15) is 16.9 Å². The number of nitrogens with one attached hydrogen (secondary N) is 1. The van der Waals surface area contributed by atoms with Crippen LogP contribution in [0, 0.1) is 6.92 Å². The topological polar surface area (TPSA) is 104 Å². The fraction of sp³-hybridized carbons (Fsp3) is 0.115. The lowest BCUT2D eigenvalue weighted by atomic mass is 10.2. The van der Waals surface area contributed by atoms with Gasteiger partial charge >= 0.3 is 0 Å². The zero-order valence-corrected chi connectivity index (χ0v) is 20.3. The van der Waals surface area contributed by atoms with Gasteiger partial charge in [-0.05, 0) is 54.4 Å². The highest BCUT2D eigenvalue weighted by atomic mass is 79.9. The maximum absolute atomic E-state index is 13.5. The molecule has 8 nitrogen and oxygen atoms in total. The number of ether oxygens (including phenoxy) is 2. The molecule has 0 radical (unpaired) electrons. The van der Waals surface area contributed by atoms with E-state index in [9.17, 15) is 4.79 Å². The first-order valence-electron chi connectivity index (χ1n) is 11.0. The molecule has 0 bridgehead atoms. The Kier molecular flexibility index (Phi) is 5.07. The Labute approximate surface area is 208 Å². The summed E-state index contributed by atoms with van der Waals surface area (Å²) in [4.78, 5) is 23.0. The molecule has 174 valence electrons. The van der Waals surface area contributed by atoms with Crippen LogP contribution < -0.4 is 20.5 Å². The van der Waals surface area contributed by atoms with Crippen LogP contribution in [0.15, 0.2) is 65.1 Å². The molecule has 1 aliphatic heterocycles. The number of aromatic nitrogens is 3. The summed E-state index contributed by atoms with van der Waals surface area (Å²) in [5, 5.41) is 2.97. The zero-order valence-electron chi connectivity index (χ0n) is 18.7. The second-order valence-corrected chi connectivity index (χ2v) is 9.14. The fourth-order valence-corrected chi connectivity index (χ4v) is 4.56. The third kappa shape index (κ3) is 3.64. The molecule has 3 aromatic carbocycles. The number of benzene rings is 3. The minimum Gasteiger partial charge on any atom is -0.454 e. The summed E-state index contributed by atoms with van der Waals surface area (Å²) in [7, 11) is 0. The van der Waals surface area contributed by atoms with E-state index < -0.39 is 0 Å². The van der Waals surface area contributed by atoms with Gasteiger partial charge in [-0.1, -0.05) is 40.2 Å². The summed E-state index contributed by atoms with van der Waals surface area (Å²) in [6.45, 7) is 2.49. The number of nitrogens with two attached hydrogens (primary N) is 1. The van der Waals surface area contributed by atoms with Crippen LogP contribution in [0.25, 0.3) is 27.9 Å². The van der Waals surface area contributed by atoms with Crippen molar-refractivity contribution < 1.29 is 14.3 Å². The van der Waals surface area contributed by atoms with E-state index in [1.165, 1.54) is 0 Å². The second kappa shape index (κ2) is 8.28. The lowest BCUT2D eigenvalue weighted by Crippen LogP contribution is -2.24. The molecule has 0 saturated heterocycles. The minimum atomic E-state index is -0.334. The van der Waals surface area contributed by atoms with Crippen LogP contribution in [0.2, 0.25) is 0 Å². The standard InChI is InChI=1S/C26H20BrN5O3/c1-14-6-8-16(11-17(14)27)32-24(28)22(23-25(32)31-19-5-3-2-4-18(19)30-23)26(33)29-12-15-7-9-20-21(10-15)35-13-34-20/h2-11H,12-13,28H2,1H3,(H,29,33). The van der Waals surface area contributed by atoms with Crippen molar-refractivity contribution in [3.63, 3.8) is 0 Å². The van der Waals surface area contributed by atoms with E-state index >= 15 is 0 Å². The Morgan fingerprint density at radius 3 is 2.63 bits per heavy atom. The van der Waals surface area contributed by atoms with Gasteiger partial charge in [-0.25, -0.2) is 9.97 Å². The number of nitrogens with zero attached hydrogens (tertiary/aromatic N) is 3. The highest BCUT2D eigenvalue weighted by molar-refractivity contribution is 9.10. The Bertz CT molecular complexity index is 1650. The van der Waals surface area contributed by atoms with Crippen molar-refractivity contribution in [3.8, 4) is 17.2 Å². The molecular formula is C26H20BrN5O3. The first kappa shape index (κ1) is 21.4. The SMILES string of the molecule is Cc1ccc(-n2c(N)c(C(=O)NCc3ccc4c(c3)OCO4)c3nc4ccccc4nc32)cc1Br. The van der Waals surface area contributed by atoms with Crippen LogP contribution in [0.1, 0.15) is 21.5 Å². The Balaban J connectivity index is 1.45. The third-order valence-electron chi connectivity index (χ3n) is 6.03. The van der Waals surface area contributed by atoms with E-state index in [-0.39, 0.29) is 24.1 Å². The van der Waals surface area contributed by atoms with Crippen molar-refractivity contribution in [1.29, 1.82) is 0 Å². The van der Waals surface area contributed by atoms with Crippen LogP contribution in [-0.2, 0) is 6.54 Å². The number of halogens is 1. The predicted octanol–water partition coefficient (Wildman–Crippen LogP) is 4.89. The largest absolute Gasteiger partial charge is 0.454 e. The van der Waals surface area contributed by atoms with Gasteiger partial charge in [0.05, 0.1) is 16.7 Å². The first-order valence-corrected chi connectivity index (χ1v) is 11.8. The van der Waals surface area contributed by atoms with Gasteiger partial charge in [-0.3, -0.25) is 9.36 Å². The second-order valence-electron chi connectivity index (χ2n) is 8.28. The summed E-state index contributed by atoms with van der Waals surface area (Å²) in [6.07, 6.45) is 0. The number of aryl methyl sites for hydroxylation is 1. The number of carbonyl (C=O) groups is 1. The van der Waals surface area contributed by atoms with Crippen LogP contribution >= 0.6 is 15.9 Å². The average molecular weight is 530 g/mol. The Morgan fingerprint density at radius 1 is 1.06 bits per heavy atom. The molecule has 35 heavy (non-hydrogen) atoms. The van der Waals surface area contributed by atoms with Gasteiger partial charge in [-0.15, -0.1) is 0 Å². The summed E-state index contributed by atoms with van der Waals surface area (Å²) in [6, 6.07) is 19.0. The van der Waals surface area contributed by atoms with Crippen LogP contribution in [0.4, 0.5) is 5.82 Å². The zero-order chi connectivity index (χ0) is 24.1. The van der Waals surface area contributed by atoms with Crippen LogP contribution in [0.3, 0.4) is 0 Å². The Morgan fingerprint density at radius 2 is 1.83 bits per heavy atom. The van der Waals surface area contributed by atoms with Gasteiger partial charge < -0.3 is 20.5 Å². The van der Waals surface area contributed by atoms with Gasteiger partial charge in [0.2, 0.25) is 6.79 Å². The van der Waals surface area contributed by atoms with Gasteiger partial charge in [0.25, 0.3) is 5.91 Å². The molecule has 0 saturated carbocycles. The molecule has 6 rings (SSSR count). The molecule has 2 aromatic heterocycles. The highest BCUT2D eigenvalue weighted by Gasteiger charge is 2.25. The minimum absolute atomic E-state index is 0.197. The molecule has 1 aliphatic rings. The van der Waals surface area contributed by atoms with Crippen molar-refractivity contribution in [3.05, 3.63) is 81.8 Å². The van der Waals surface area contributed by atoms with E-state index in [0.717, 1.165) is 26.8 Å². The normalized spacial score (nSPS) is 12.4. The van der Waals surface area contributed by atoms with Crippen molar-refractivity contribution in [2.45, 2.75) is 13.5 Å². The number of fused-ring (bicyclic) bond motifs is 3. The fourth-order valence-electron chi connectivity index (χ4n) is 4.19. The maximum atomic E-state index is 13.5. The third-order valence-corrected chi connectivity index (χ3v) is 6.88. The number of amides is 1. The summed E-state index contributed by atoms with van der Waals surface area (Å²) >= 11 is 3.59. The van der Waals surface area contributed by atoms with Crippen LogP contribution in [0.5, 0.6) is 11.5 Å². The number of carbonyl (C=O) groups excluding carboxylic acids is 1. The number of hydrogen-bond donors (Lipinski definition) is 2. The molecule has 5 aromatic rings. The molecule has 0 unspecified atom stereocenters.